The molecule has 3 heterocycles. The van der Waals surface area contributed by atoms with Crippen LogP contribution in [0.15, 0.2) is 60.9 Å². The zero-order valence-corrected chi connectivity index (χ0v) is 19.4. The normalized spacial score (nSPS) is 14.3. The third kappa shape index (κ3) is 4.09. The minimum absolute atomic E-state index is 0.396. The number of hydrogen-bond acceptors (Lipinski definition) is 7. The lowest BCUT2D eigenvalue weighted by molar-refractivity contribution is 0.409. The SMILES string of the molecule is COc1cccc(Oc2cccc(-c3cnc4c(-c5nnn[nH]5)cnn4c3C3CCCCC3)c2)c1. The van der Waals surface area contributed by atoms with Crippen molar-refractivity contribution < 1.29 is 9.47 Å². The Kier molecular flexibility index (Phi) is 5.57. The van der Waals surface area contributed by atoms with E-state index in [2.05, 4.69) is 32.8 Å². The van der Waals surface area contributed by atoms with Crippen molar-refractivity contribution in [2.75, 3.05) is 7.11 Å². The van der Waals surface area contributed by atoms with Crippen LogP contribution in [0.25, 0.3) is 28.2 Å². The summed E-state index contributed by atoms with van der Waals surface area (Å²) in [4.78, 5) is 4.79. The predicted octanol–water partition coefficient (Wildman–Crippen LogP) is 5.43. The monoisotopic (exact) mass is 467 g/mol. The second-order valence-electron chi connectivity index (χ2n) is 8.74. The molecule has 1 aliphatic carbocycles. The third-order valence-electron chi connectivity index (χ3n) is 6.58. The Morgan fingerprint density at radius 3 is 2.51 bits per heavy atom. The van der Waals surface area contributed by atoms with E-state index in [0.717, 1.165) is 52.4 Å². The van der Waals surface area contributed by atoms with Crippen molar-refractivity contribution in [2.45, 2.75) is 38.0 Å². The fourth-order valence-electron chi connectivity index (χ4n) is 4.91. The van der Waals surface area contributed by atoms with Crippen LogP contribution < -0.4 is 9.47 Å². The lowest BCUT2D eigenvalue weighted by Crippen LogP contribution is -2.12. The van der Waals surface area contributed by atoms with Gasteiger partial charge >= 0.3 is 0 Å². The number of H-pyrrole nitrogens is 1. The van der Waals surface area contributed by atoms with Gasteiger partial charge in [0.2, 0.25) is 0 Å². The van der Waals surface area contributed by atoms with Gasteiger partial charge in [-0.1, -0.05) is 37.5 Å². The average molecular weight is 468 g/mol. The number of hydrogen-bond donors (Lipinski definition) is 1. The fraction of sp³-hybridized carbons (Fsp3) is 0.269. The van der Waals surface area contributed by atoms with Crippen LogP contribution in [0.3, 0.4) is 0 Å². The highest BCUT2D eigenvalue weighted by molar-refractivity contribution is 5.75. The Labute approximate surface area is 202 Å². The number of aromatic amines is 1. The maximum atomic E-state index is 6.16. The van der Waals surface area contributed by atoms with Crippen molar-refractivity contribution in [2.24, 2.45) is 0 Å². The summed E-state index contributed by atoms with van der Waals surface area (Å²) in [5.41, 5.74) is 4.81. The average Bonchev–Trinajstić information content (AvgIpc) is 3.59. The van der Waals surface area contributed by atoms with Crippen molar-refractivity contribution in [1.29, 1.82) is 0 Å². The molecule has 0 aliphatic heterocycles. The molecule has 0 bridgehead atoms. The van der Waals surface area contributed by atoms with Crippen LogP contribution in [0.1, 0.15) is 43.7 Å². The number of rotatable bonds is 6. The van der Waals surface area contributed by atoms with E-state index in [4.69, 9.17) is 19.6 Å². The number of methoxy groups -OCH3 is 1. The van der Waals surface area contributed by atoms with Crippen LogP contribution in [0.2, 0.25) is 0 Å². The van der Waals surface area contributed by atoms with Crippen LogP contribution >= 0.6 is 0 Å². The molecule has 9 heteroatoms. The molecular formula is C26H25N7O2. The topological polar surface area (TPSA) is 103 Å². The van der Waals surface area contributed by atoms with E-state index in [1.807, 2.05) is 47.1 Å². The zero-order chi connectivity index (χ0) is 23.6. The number of nitrogens with one attached hydrogen (secondary N) is 1. The summed E-state index contributed by atoms with van der Waals surface area (Å²) < 4.78 is 13.5. The van der Waals surface area contributed by atoms with Crippen molar-refractivity contribution in [1.82, 2.24) is 35.2 Å². The molecule has 0 saturated heterocycles. The Morgan fingerprint density at radius 2 is 1.71 bits per heavy atom. The van der Waals surface area contributed by atoms with Crippen LogP contribution in [0.4, 0.5) is 0 Å². The first-order valence-corrected chi connectivity index (χ1v) is 11.8. The lowest BCUT2D eigenvalue weighted by atomic mass is 9.84. The summed E-state index contributed by atoms with van der Waals surface area (Å²) in [5, 5.41) is 19.0. The van der Waals surface area contributed by atoms with E-state index in [0.29, 0.717) is 11.7 Å². The molecule has 9 nitrogen and oxygen atoms in total. The summed E-state index contributed by atoms with van der Waals surface area (Å²) in [5.74, 6) is 3.18. The van der Waals surface area contributed by atoms with Gasteiger partial charge in [-0.3, -0.25) is 0 Å². The number of aromatic nitrogens is 7. The van der Waals surface area contributed by atoms with Gasteiger partial charge in [0.05, 0.1) is 24.6 Å². The maximum absolute atomic E-state index is 6.16. The molecule has 176 valence electrons. The van der Waals surface area contributed by atoms with Gasteiger partial charge in [0.15, 0.2) is 11.5 Å². The number of benzene rings is 2. The van der Waals surface area contributed by atoms with Gasteiger partial charge < -0.3 is 9.47 Å². The van der Waals surface area contributed by atoms with Crippen LogP contribution in [0, 0.1) is 0 Å². The van der Waals surface area contributed by atoms with E-state index in [1.54, 1.807) is 13.3 Å². The smallest absolute Gasteiger partial charge is 0.184 e. The van der Waals surface area contributed by atoms with E-state index in [-0.39, 0.29) is 0 Å². The molecule has 0 radical (unpaired) electrons. The summed E-state index contributed by atoms with van der Waals surface area (Å²) in [6, 6.07) is 15.7. The van der Waals surface area contributed by atoms with Crippen LogP contribution in [0.5, 0.6) is 17.2 Å². The quantitative estimate of drug-likeness (QED) is 0.355. The molecule has 0 unspecified atom stereocenters. The van der Waals surface area contributed by atoms with Crippen molar-refractivity contribution in [3.05, 3.63) is 66.6 Å². The molecule has 2 aromatic carbocycles. The number of tetrazole rings is 1. The van der Waals surface area contributed by atoms with Crippen LogP contribution in [-0.2, 0) is 0 Å². The van der Waals surface area contributed by atoms with Crippen molar-refractivity contribution in [3.63, 3.8) is 0 Å². The second-order valence-corrected chi connectivity index (χ2v) is 8.74. The molecular weight excluding hydrogens is 442 g/mol. The van der Waals surface area contributed by atoms with E-state index < -0.39 is 0 Å². The maximum Gasteiger partial charge on any atom is 0.184 e. The number of ether oxygens (including phenoxy) is 2. The molecule has 6 rings (SSSR count). The highest BCUT2D eigenvalue weighted by Gasteiger charge is 2.25. The van der Waals surface area contributed by atoms with Crippen LogP contribution in [-0.4, -0.2) is 42.3 Å². The molecule has 3 aromatic heterocycles. The molecule has 0 amide bonds. The molecule has 1 saturated carbocycles. The van der Waals surface area contributed by atoms with E-state index >= 15 is 0 Å². The molecule has 1 aliphatic rings. The van der Waals surface area contributed by atoms with Gasteiger partial charge in [-0.15, -0.1) is 5.10 Å². The Hall–Kier alpha value is -4.27. The first-order chi connectivity index (χ1) is 17.3. The number of fused-ring (bicyclic) bond motifs is 1. The number of nitrogens with zero attached hydrogens (tertiary/aromatic N) is 6. The first kappa shape index (κ1) is 21.3. The van der Waals surface area contributed by atoms with Gasteiger partial charge in [-0.25, -0.2) is 14.6 Å². The Morgan fingerprint density at radius 1 is 0.914 bits per heavy atom. The third-order valence-corrected chi connectivity index (χ3v) is 6.58. The molecule has 1 N–H and O–H groups in total. The molecule has 0 atom stereocenters. The summed E-state index contributed by atoms with van der Waals surface area (Å²) in [6.45, 7) is 0. The summed E-state index contributed by atoms with van der Waals surface area (Å²) in [7, 11) is 1.65. The summed E-state index contributed by atoms with van der Waals surface area (Å²) >= 11 is 0. The first-order valence-electron chi connectivity index (χ1n) is 11.8. The Bertz CT molecular complexity index is 1460. The van der Waals surface area contributed by atoms with Gasteiger partial charge in [0, 0.05) is 23.7 Å². The van der Waals surface area contributed by atoms with Gasteiger partial charge in [0.1, 0.15) is 17.2 Å². The fourth-order valence-corrected chi connectivity index (χ4v) is 4.91. The summed E-state index contributed by atoms with van der Waals surface area (Å²) in [6.07, 6.45) is 9.69. The van der Waals surface area contributed by atoms with Crippen molar-refractivity contribution in [3.8, 4) is 39.8 Å². The minimum Gasteiger partial charge on any atom is -0.497 e. The van der Waals surface area contributed by atoms with Gasteiger partial charge in [-0.2, -0.15) is 5.10 Å². The van der Waals surface area contributed by atoms with E-state index in [9.17, 15) is 0 Å². The standard InChI is InChI=1S/C26H25N7O2/c1-34-19-10-6-12-21(14-19)35-20-11-5-9-18(13-20)22-15-27-26-23(25-29-31-32-30-25)16-28-33(26)24(22)17-7-3-2-4-8-17/h5-6,9-17H,2-4,7-8H2,1H3,(H,29,30,31,32). The predicted molar refractivity (Wildman–Crippen MR) is 130 cm³/mol. The molecule has 1 fully saturated rings. The minimum atomic E-state index is 0.396. The van der Waals surface area contributed by atoms with E-state index in [1.165, 1.54) is 25.0 Å². The molecule has 0 spiro atoms. The van der Waals surface area contributed by atoms with Gasteiger partial charge in [0.25, 0.3) is 0 Å². The highest BCUT2D eigenvalue weighted by atomic mass is 16.5. The van der Waals surface area contributed by atoms with Gasteiger partial charge in [-0.05, 0) is 53.1 Å². The molecule has 5 aromatic rings. The zero-order valence-electron chi connectivity index (χ0n) is 19.4. The highest BCUT2D eigenvalue weighted by Crippen LogP contribution is 2.40. The Balaban J connectivity index is 1.44. The second kappa shape index (κ2) is 9.17. The largest absolute Gasteiger partial charge is 0.497 e. The molecule has 35 heavy (non-hydrogen) atoms. The lowest BCUT2D eigenvalue weighted by Gasteiger charge is -2.25. The van der Waals surface area contributed by atoms with Crippen molar-refractivity contribution >= 4 is 5.65 Å².